The lowest BCUT2D eigenvalue weighted by atomic mass is 9.93. The smallest absolute Gasteiger partial charge is 0.231 e. The topological polar surface area (TPSA) is 29.5 Å². The van der Waals surface area contributed by atoms with Crippen LogP contribution in [0.5, 0.6) is 0 Å². The molecule has 182 valence electrons. The Kier molecular flexibility index (Phi) is 10.8. The van der Waals surface area contributed by atoms with Crippen LogP contribution in [0, 0.1) is 5.92 Å². The van der Waals surface area contributed by atoms with Crippen LogP contribution in [0.25, 0.3) is 0 Å². The maximum Gasteiger partial charge on any atom is 0.231 e. The second-order valence-corrected chi connectivity index (χ2v) is 15.5. The molecule has 4 heteroatoms. The number of para-hydroxylation sites is 2. The Labute approximate surface area is 203 Å². The minimum atomic E-state index is -1.63. The number of hydrogen-bond acceptors (Lipinski definition) is 2. The van der Waals surface area contributed by atoms with Crippen LogP contribution in [0.3, 0.4) is 0 Å². The fourth-order valence-electron chi connectivity index (χ4n) is 3.84. The molecule has 0 aliphatic rings. The van der Waals surface area contributed by atoms with Gasteiger partial charge in [0, 0.05) is 24.4 Å². The van der Waals surface area contributed by atoms with Crippen LogP contribution >= 0.6 is 0 Å². The number of anilines is 2. The fourth-order valence-corrected chi connectivity index (χ4v) is 4.93. The molecule has 1 atom stereocenters. The minimum Gasteiger partial charge on any atom is -0.417 e. The number of benzene rings is 2. The number of unbranched alkanes of at least 4 members (excludes halogenated alkanes) is 2. The highest BCUT2D eigenvalue weighted by Crippen LogP contribution is 2.36. The molecule has 0 unspecified atom stereocenters. The van der Waals surface area contributed by atoms with E-state index in [0.29, 0.717) is 12.3 Å². The summed E-state index contributed by atoms with van der Waals surface area (Å²) in [4.78, 5) is 15.1. The summed E-state index contributed by atoms with van der Waals surface area (Å²) in [5.41, 5.74) is 1.87. The van der Waals surface area contributed by atoms with E-state index in [0.717, 1.165) is 37.2 Å². The summed E-state index contributed by atoms with van der Waals surface area (Å²) in [6.07, 6.45) is 7.42. The van der Waals surface area contributed by atoms with Gasteiger partial charge in [-0.1, -0.05) is 89.8 Å². The van der Waals surface area contributed by atoms with Gasteiger partial charge in [0.15, 0.2) is 8.32 Å². The molecule has 0 saturated heterocycles. The van der Waals surface area contributed by atoms with Crippen molar-refractivity contribution in [1.29, 1.82) is 0 Å². The molecular weight excluding hydrogens is 422 g/mol. The van der Waals surface area contributed by atoms with Crippen molar-refractivity contribution in [3.8, 4) is 0 Å². The Balaban J connectivity index is 1.81. The largest absolute Gasteiger partial charge is 0.417 e. The van der Waals surface area contributed by atoms with Crippen LogP contribution in [-0.2, 0) is 9.22 Å². The van der Waals surface area contributed by atoms with E-state index in [4.69, 9.17) is 4.43 Å². The Hall–Kier alpha value is -1.91. The van der Waals surface area contributed by atoms with Crippen molar-refractivity contribution >= 4 is 25.6 Å². The molecule has 1 amide bonds. The second-order valence-electron chi connectivity index (χ2n) is 10.7. The Morgan fingerprint density at radius 2 is 1.42 bits per heavy atom. The highest BCUT2D eigenvalue weighted by Gasteiger charge is 2.36. The standard InChI is InChI=1S/C29H45NO2Si/c1-7-25(17-11-10-16-24-32-33(5,6)29(2,3)4)22-23-28(31)30(26-18-12-8-13-19-26)27-20-14-9-15-21-27/h8-9,12-15,18-21,25H,7,10-11,16-17,22-24H2,1-6H3/t25-/m0/s1. The molecule has 0 aliphatic carbocycles. The average Bonchev–Trinajstić information content (AvgIpc) is 2.79. The molecule has 2 aromatic carbocycles. The van der Waals surface area contributed by atoms with E-state index in [1.807, 2.05) is 65.6 Å². The van der Waals surface area contributed by atoms with E-state index in [9.17, 15) is 4.79 Å². The molecule has 0 aliphatic heterocycles. The van der Waals surface area contributed by atoms with E-state index in [-0.39, 0.29) is 10.9 Å². The maximum atomic E-state index is 13.3. The molecule has 0 N–H and O–H groups in total. The molecule has 0 aromatic heterocycles. The summed E-state index contributed by atoms with van der Waals surface area (Å²) in [6, 6.07) is 20.0. The average molecular weight is 468 g/mol. The third-order valence-corrected chi connectivity index (χ3v) is 11.7. The third-order valence-electron chi connectivity index (χ3n) is 7.15. The summed E-state index contributed by atoms with van der Waals surface area (Å²) >= 11 is 0. The minimum absolute atomic E-state index is 0.175. The van der Waals surface area contributed by atoms with Gasteiger partial charge in [0.2, 0.25) is 5.91 Å². The van der Waals surface area contributed by atoms with Gasteiger partial charge in [-0.2, -0.15) is 0 Å². The highest BCUT2D eigenvalue weighted by atomic mass is 28.4. The quantitative estimate of drug-likeness (QED) is 0.218. The fraction of sp³-hybridized carbons (Fsp3) is 0.552. The molecule has 0 heterocycles. The number of hydrogen-bond donors (Lipinski definition) is 0. The van der Waals surface area contributed by atoms with Crippen molar-refractivity contribution in [3.63, 3.8) is 0 Å². The molecule has 0 fully saturated rings. The molecule has 3 nitrogen and oxygen atoms in total. The first-order chi connectivity index (χ1) is 15.7. The molecule has 2 rings (SSSR count). The Morgan fingerprint density at radius 1 is 0.879 bits per heavy atom. The van der Waals surface area contributed by atoms with Gasteiger partial charge in [-0.3, -0.25) is 9.69 Å². The number of nitrogens with zero attached hydrogens (tertiary/aromatic N) is 1. The molecule has 0 saturated carbocycles. The maximum absolute atomic E-state index is 13.3. The van der Waals surface area contributed by atoms with Gasteiger partial charge in [0.25, 0.3) is 0 Å². The number of carbonyl (C=O) groups is 1. The monoisotopic (exact) mass is 467 g/mol. The first-order valence-electron chi connectivity index (χ1n) is 12.7. The van der Waals surface area contributed by atoms with Crippen LogP contribution in [-0.4, -0.2) is 20.8 Å². The highest BCUT2D eigenvalue weighted by molar-refractivity contribution is 6.74. The summed E-state index contributed by atoms with van der Waals surface area (Å²) < 4.78 is 6.31. The number of rotatable bonds is 13. The van der Waals surface area contributed by atoms with Crippen LogP contribution in [0.2, 0.25) is 18.1 Å². The molecule has 0 bridgehead atoms. The first kappa shape index (κ1) is 27.3. The Bertz CT molecular complexity index is 775. The first-order valence-corrected chi connectivity index (χ1v) is 15.6. The van der Waals surface area contributed by atoms with E-state index in [1.165, 1.54) is 19.3 Å². The normalized spacial score (nSPS) is 13.0. The predicted molar refractivity (Wildman–Crippen MR) is 145 cm³/mol. The second kappa shape index (κ2) is 13.1. The van der Waals surface area contributed by atoms with Crippen molar-refractivity contribution in [3.05, 3.63) is 60.7 Å². The van der Waals surface area contributed by atoms with Crippen LogP contribution < -0.4 is 4.90 Å². The summed E-state index contributed by atoms with van der Waals surface area (Å²) in [5, 5.41) is 0.278. The van der Waals surface area contributed by atoms with E-state index in [2.05, 4.69) is 40.8 Å². The van der Waals surface area contributed by atoms with Crippen LogP contribution in [0.15, 0.2) is 60.7 Å². The van der Waals surface area contributed by atoms with Crippen molar-refractivity contribution in [2.75, 3.05) is 11.5 Å². The lowest BCUT2D eigenvalue weighted by molar-refractivity contribution is -0.118. The lowest BCUT2D eigenvalue weighted by Gasteiger charge is -2.36. The Morgan fingerprint density at radius 3 is 1.91 bits per heavy atom. The molecular formula is C29H45NO2Si. The van der Waals surface area contributed by atoms with Gasteiger partial charge in [-0.25, -0.2) is 0 Å². The van der Waals surface area contributed by atoms with Crippen molar-refractivity contribution < 1.29 is 9.22 Å². The number of amides is 1. The number of carbonyl (C=O) groups excluding carboxylic acids is 1. The third kappa shape index (κ3) is 8.75. The molecule has 33 heavy (non-hydrogen) atoms. The summed E-state index contributed by atoms with van der Waals surface area (Å²) in [5.74, 6) is 0.775. The molecule has 0 spiro atoms. The summed E-state index contributed by atoms with van der Waals surface area (Å²) in [7, 11) is -1.63. The predicted octanol–water partition coefficient (Wildman–Crippen LogP) is 8.74. The van der Waals surface area contributed by atoms with E-state index >= 15 is 0 Å². The van der Waals surface area contributed by atoms with Crippen LogP contribution in [0.1, 0.15) is 72.6 Å². The van der Waals surface area contributed by atoms with Gasteiger partial charge in [-0.15, -0.1) is 0 Å². The van der Waals surface area contributed by atoms with Crippen LogP contribution in [0.4, 0.5) is 11.4 Å². The molecule has 2 aromatic rings. The lowest BCUT2D eigenvalue weighted by Crippen LogP contribution is -2.40. The SMILES string of the molecule is CC[C@@H](CCCCCO[Si](C)(C)C(C)(C)C)CCC(=O)N(c1ccccc1)c1ccccc1. The van der Waals surface area contributed by atoms with E-state index in [1.54, 1.807) is 0 Å². The van der Waals surface area contributed by atoms with Gasteiger partial charge >= 0.3 is 0 Å². The van der Waals surface area contributed by atoms with Gasteiger partial charge in [0.1, 0.15) is 0 Å². The zero-order valence-electron chi connectivity index (χ0n) is 21.8. The van der Waals surface area contributed by atoms with Crippen molar-refractivity contribution in [2.24, 2.45) is 5.92 Å². The van der Waals surface area contributed by atoms with Crippen molar-refractivity contribution in [1.82, 2.24) is 0 Å². The van der Waals surface area contributed by atoms with Crippen molar-refractivity contribution in [2.45, 2.75) is 90.8 Å². The van der Waals surface area contributed by atoms with Gasteiger partial charge in [-0.05, 0) is 61.2 Å². The summed E-state index contributed by atoms with van der Waals surface area (Å²) in [6.45, 7) is 14.7. The van der Waals surface area contributed by atoms with E-state index < -0.39 is 8.32 Å². The zero-order chi connectivity index (χ0) is 24.3. The molecule has 0 radical (unpaired) electrons. The zero-order valence-corrected chi connectivity index (χ0v) is 22.8. The van der Waals surface area contributed by atoms with Gasteiger partial charge in [0.05, 0.1) is 0 Å². The van der Waals surface area contributed by atoms with Gasteiger partial charge < -0.3 is 4.43 Å².